The number of aromatic amines is 1. The number of anilines is 1. The number of rotatable bonds is 5. The van der Waals surface area contributed by atoms with Crippen LogP contribution in [-0.4, -0.2) is 40.8 Å². The molecule has 0 amide bonds. The van der Waals surface area contributed by atoms with Gasteiger partial charge in [-0.1, -0.05) is 18.2 Å². The van der Waals surface area contributed by atoms with Crippen molar-refractivity contribution in [3.8, 4) is 22.5 Å². The highest BCUT2D eigenvalue weighted by Gasteiger charge is 2.34. The number of hydrogen-bond donors (Lipinski definition) is 2. The maximum atomic E-state index is 12.8. The number of aromatic nitrogens is 3. The molecule has 0 spiro atoms. The van der Waals surface area contributed by atoms with Gasteiger partial charge in [-0.2, -0.15) is 4.31 Å². The van der Waals surface area contributed by atoms with Gasteiger partial charge in [-0.3, -0.25) is 4.79 Å². The van der Waals surface area contributed by atoms with Crippen molar-refractivity contribution in [1.29, 1.82) is 0 Å². The van der Waals surface area contributed by atoms with Crippen LogP contribution in [0.2, 0.25) is 0 Å². The van der Waals surface area contributed by atoms with E-state index < -0.39 is 10.0 Å². The summed E-state index contributed by atoms with van der Waals surface area (Å²) in [7, 11) is -1.90. The predicted molar refractivity (Wildman–Crippen MR) is 138 cm³/mol. The molecule has 0 radical (unpaired) electrons. The highest BCUT2D eigenvalue weighted by atomic mass is 79.9. The van der Waals surface area contributed by atoms with Crippen molar-refractivity contribution in [3.05, 3.63) is 69.7 Å². The number of halogens is 2. The van der Waals surface area contributed by atoms with Crippen molar-refractivity contribution in [2.45, 2.75) is 23.8 Å². The smallest absolute Gasteiger partial charge is 0.255 e. The molecular weight excluding hydrogens is 542 g/mol. The molecule has 176 valence electrons. The standard InChI is InChI=1S/C23H20BrN5O3S.ClH/c1-29(15-5-6-15)33(31,32)16-7-2-13(3-8-16)20-12-26-22(25)21(28-20)14-4-9-17-18(10-14)19(24)11-27-23(17)30;/h2-4,7-12,15H,5-6H2,1H3,(H2,25,26)(H,27,30);1H. The largest absolute Gasteiger partial charge is 0.382 e. The van der Waals surface area contributed by atoms with Gasteiger partial charge >= 0.3 is 0 Å². The number of nitrogens with zero attached hydrogens (tertiary/aromatic N) is 3. The van der Waals surface area contributed by atoms with Crippen LogP contribution in [0.1, 0.15) is 12.8 Å². The van der Waals surface area contributed by atoms with Gasteiger partial charge in [-0.05, 0) is 53.0 Å². The number of sulfonamides is 1. The highest BCUT2D eigenvalue weighted by molar-refractivity contribution is 9.10. The lowest BCUT2D eigenvalue weighted by Crippen LogP contribution is -2.28. The minimum absolute atomic E-state index is 0. The monoisotopic (exact) mass is 561 g/mol. The molecule has 0 atom stereocenters. The van der Waals surface area contributed by atoms with Crippen molar-refractivity contribution in [1.82, 2.24) is 19.3 Å². The SMILES string of the molecule is CN(C1CC1)S(=O)(=O)c1ccc(-c2cnc(N)c(-c3ccc4c(=O)[nH]cc(Br)c4c3)n2)cc1.Cl. The molecule has 0 aliphatic heterocycles. The minimum atomic E-state index is -3.52. The van der Waals surface area contributed by atoms with E-state index in [9.17, 15) is 13.2 Å². The molecule has 3 N–H and O–H groups in total. The van der Waals surface area contributed by atoms with E-state index in [1.54, 1.807) is 55.8 Å². The van der Waals surface area contributed by atoms with Gasteiger partial charge < -0.3 is 10.7 Å². The molecule has 2 heterocycles. The molecule has 34 heavy (non-hydrogen) atoms. The first-order chi connectivity index (χ1) is 15.8. The quantitative estimate of drug-likeness (QED) is 0.376. The molecule has 0 saturated heterocycles. The summed E-state index contributed by atoms with van der Waals surface area (Å²) >= 11 is 3.46. The predicted octanol–water partition coefficient (Wildman–Crippen LogP) is 4.20. The highest BCUT2D eigenvalue weighted by Crippen LogP contribution is 2.32. The molecule has 1 saturated carbocycles. The summed E-state index contributed by atoms with van der Waals surface area (Å²) in [6, 6.07) is 12.0. The second-order valence-electron chi connectivity index (χ2n) is 7.99. The Morgan fingerprint density at radius 1 is 1.09 bits per heavy atom. The fraction of sp³-hybridized carbons (Fsp3) is 0.174. The van der Waals surface area contributed by atoms with Gasteiger partial charge in [-0.25, -0.2) is 18.4 Å². The van der Waals surface area contributed by atoms with E-state index in [1.807, 2.05) is 6.07 Å². The maximum Gasteiger partial charge on any atom is 0.255 e. The Morgan fingerprint density at radius 3 is 2.44 bits per heavy atom. The second kappa shape index (κ2) is 9.10. The Kier molecular flexibility index (Phi) is 6.52. The molecule has 1 fully saturated rings. The van der Waals surface area contributed by atoms with Gasteiger partial charge in [0.1, 0.15) is 11.5 Å². The van der Waals surface area contributed by atoms with Gasteiger partial charge in [0.25, 0.3) is 5.56 Å². The number of benzene rings is 2. The van der Waals surface area contributed by atoms with Crippen LogP contribution in [0.15, 0.2) is 69.0 Å². The van der Waals surface area contributed by atoms with Crippen LogP contribution in [0.4, 0.5) is 5.82 Å². The average molecular weight is 563 g/mol. The molecule has 4 aromatic rings. The third-order valence-corrected chi connectivity index (χ3v) is 8.39. The summed E-state index contributed by atoms with van der Waals surface area (Å²) in [4.78, 5) is 24.0. The zero-order valence-corrected chi connectivity index (χ0v) is 21.2. The molecule has 2 aromatic heterocycles. The average Bonchev–Trinajstić information content (AvgIpc) is 3.67. The molecule has 1 aliphatic rings. The van der Waals surface area contributed by atoms with E-state index in [1.165, 1.54) is 4.31 Å². The van der Waals surface area contributed by atoms with Gasteiger partial charge in [0.2, 0.25) is 10.0 Å². The molecular formula is C23H21BrClN5O3S. The summed E-state index contributed by atoms with van der Waals surface area (Å²) in [6.07, 6.45) is 4.95. The summed E-state index contributed by atoms with van der Waals surface area (Å²) in [5.74, 6) is 0.254. The Labute approximate surface area is 210 Å². The molecule has 11 heteroatoms. The van der Waals surface area contributed by atoms with E-state index in [4.69, 9.17) is 5.73 Å². The van der Waals surface area contributed by atoms with Crippen LogP contribution in [0.3, 0.4) is 0 Å². The van der Waals surface area contributed by atoms with Gasteiger partial charge in [0.05, 0.1) is 16.8 Å². The van der Waals surface area contributed by atoms with Crippen LogP contribution >= 0.6 is 28.3 Å². The Balaban J connectivity index is 0.00000274. The number of nitrogens with two attached hydrogens (primary N) is 1. The van der Waals surface area contributed by atoms with E-state index in [2.05, 4.69) is 30.9 Å². The lowest BCUT2D eigenvalue weighted by atomic mass is 10.1. The van der Waals surface area contributed by atoms with E-state index in [0.29, 0.717) is 22.3 Å². The van der Waals surface area contributed by atoms with Crippen LogP contribution in [-0.2, 0) is 10.0 Å². The normalized spacial score (nSPS) is 13.7. The fourth-order valence-corrected chi connectivity index (χ4v) is 5.58. The van der Waals surface area contributed by atoms with Gasteiger partial charge in [0, 0.05) is 45.7 Å². The number of hydrogen-bond acceptors (Lipinski definition) is 6. The molecule has 2 aromatic carbocycles. The Hall–Kier alpha value is -2.79. The zero-order valence-electron chi connectivity index (χ0n) is 18.0. The first-order valence-corrected chi connectivity index (χ1v) is 12.5. The van der Waals surface area contributed by atoms with E-state index in [0.717, 1.165) is 28.3 Å². The third-order valence-electron chi connectivity index (χ3n) is 5.81. The third kappa shape index (κ3) is 4.34. The van der Waals surface area contributed by atoms with Gasteiger partial charge in [-0.15, -0.1) is 12.4 Å². The molecule has 0 bridgehead atoms. The number of nitrogens with one attached hydrogen (secondary N) is 1. The van der Waals surface area contributed by atoms with Crippen LogP contribution in [0.5, 0.6) is 0 Å². The maximum absolute atomic E-state index is 12.8. The van der Waals surface area contributed by atoms with Crippen LogP contribution in [0.25, 0.3) is 33.3 Å². The fourth-order valence-electron chi connectivity index (χ4n) is 3.72. The molecule has 5 rings (SSSR count). The van der Waals surface area contributed by atoms with E-state index >= 15 is 0 Å². The topological polar surface area (TPSA) is 122 Å². The first-order valence-electron chi connectivity index (χ1n) is 10.3. The summed E-state index contributed by atoms with van der Waals surface area (Å²) in [6.45, 7) is 0. The number of H-pyrrole nitrogens is 1. The number of nitrogen functional groups attached to an aromatic ring is 1. The van der Waals surface area contributed by atoms with Crippen LogP contribution in [0, 0.1) is 0 Å². The minimum Gasteiger partial charge on any atom is -0.382 e. The van der Waals surface area contributed by atoms with Gasteiger partial charge in [0.15, 0.2) is 0 Å². The summed E-state index contributed by atoms with van der Waals surface area (Å²) in [5.41, 5.74) is 8.41. The zero-order chi connectivity index (χ0) is 23.3. The van der Waals surface area contributed by atoms with Crippen molar-refractivity contribution in [3.63, 3.8) is 0 Å². The molecule has 0 unspecified atom stereocenters. The second-order valence-corrected chi connectivity index (χ2v) is 10.8. The number of pyridine rings is 1. The number of fused-ring (bicyclic) bond motifs is 1. The van der Waals surface area contributed by atoms with Crippen molar-refractivity contribution < 1.29 is 8.42 Å². The Bertz CT molecular complexity index is 1550. The lowest BCUT2D eigenvalue weighted by Gasteiger charge is -2.16. The molecule has 8 nitrogen and oxygen atoms in total. The summed E-state index contributed by atoms with van der Waals surface area (Å²) < 4.78 is 27.7. The first kappa shape index (κ1) is 24.3. The molecule has 1 aliphatic carbocycles. The summed E-state index contributed by atoms with van der Waals surface area (Å²) in [5, 5.41) is 1.28. The van der Waals surface area contributed by atoms with Crippen molar-refractivity contribution >= 4 is 55.0 Å². The Morgan fingerprint density at radius 2 is 1.76 bits per heavy atom. The van der Waals surface area contributed by atoms with Crippen molar-refractivity contribution in [2.24, 2.45) is 0 Å². The van der Waals surface area contributed by atoms with Crippen molar-refractivity contribution in [2.75, 3.05) is 12.8 Å². The van der Waals surface area contributed by atoms with E-state index in [-0.39, 0.29) is 34.7 Å². The lowest BCUT2D eigenvalue weighted by molar-refractivity contribution is 0.464. The van der Waals surface area contributed by atoms with Crippen LogP contribution < -0.4 is 11.3 Å².